The van der Waals surface area contributed by atoms with Crippen molar-refractivity contribution in [3.63, 3.8) is 0 Å². The lowest BCUT2D eigenvalue weighted by molar-refractivity contribution is -0.121. The normalized spacial score (nSPS) is 16.8. The van der Waals surface area contributed by atoms with Gasteiger partial charge in [-0.05, 0) is 51.9 Å². The average Bonchev–Trinajstić information content (AvgIpc) is 2.41. The van der Waals surface area contributed by atoms with Gasteiger partial charge in [0.05, 0.1) is 0 Å². The first-order valence-corrected chi connectivity index (χ1v) is 7.91. The molecule has 4 heteroatoms. The van der Waals surface area contributed by atoms with Crippen LogP contribution in [-0.4, -0.2) is 49.6 Å². The first-order valence-electron chi connectivity index (χ1n) is 7.91. The molecule has 4 nitrogen and oxygen atoms in total. The Morgan fingerprint density at radius 2 is 1.84 bits per heavy atom. The first-order chi connectivity index (χ1) is 9.18. The van der Waals surface area contributed by atoms with Gasteiger partial charge in [-0.15, -0.1) is 0 Å². The van der Waals surface area contributed by atoms with E-state index in [-0.39, 0.29) is 5.91 Å². The summed E-state index contributed by atoms with van der Waals surface area (Å²) in [6.45, 7) is 9.63. The lowest BCUT2D eigenvalue weighted by Gasteiger charge is -2.26. The zero-order chi connectivity index (χ0) is 13.9. The number of rotatable bonds is 9. The fourth-order valence-corrected chi connectivity index (χ4v) is 2.44. The number of hydrogen-bond acceptors (Lipinski definition) is 3. The zero-order valence-corrected chi connectivity index (χ0v) is 12.7. The Morgan fingerprint density at radius 1 is 1.11 bits per heavy atom. The summed E-state index contributed by atoms with van der Waals surface area (Å²) < 4.78 is 0. The van der Waals surface area contributed by atoms with Crippen LogP contribution in [-0.2, 0) is 4.79 Å². The fourth-order valence-electron chi connectivity index (χ4n) is 2.44. The summed E-state index contributed by atoms with van der Waals surface area (Å²) in [7, 11) is 0. The highest BCUT2D eigenvalue weighted by Crippen LogP contribution is 2.08. The quantitative estimate of drug-likeness (QED) is 0.627. The van der Waals surface area contributed by atoms with Crippen molar-refractivity contribution in [2.45, 2.75) is 58.4 Å². The third-order valence-electron chi connectivity index (χ3n) is 3.56. The molecule has 0 aromatic rings. The van der Waals surface area contributed by atoms with E-state index in [0.29, 0.717) is 12.5 Å². The molecule has 1 aliphatic rings. The highest BCUT2D eigenvalue weighted by atomic mass is 16.1. The van der Waals surface area contributed by atoms with E-state index in [9.17, 15) is 4.79 Å². The van der Waals surface area contributed by atoms with E-state index in [1.807, 2.05) is 0 Å². The molecule has 1 fully saturated rings. The van der Waals surface area contributed by atoms with Gasteiger partial charge in [0.2, 0.25) is 5.91 Å². The van der Waals surface area contributed by atoms with E-state index in [0.717, 1.165) is 32.5 Å². The average molecular weight is 269 g/mol. The van der Waals surface area contributed by atoms with Gasteiger partial charge in [0.1, 0.15) is 0 Å². The molecule has 0 spiro atoms. The molecule has 0 unspecified atom stereocenters. The third kappa shape index (κ3) is 9.00. The Bertz CT molecular complexity index is 238. The Morgan fingerprint density at radius 3 is 2.53 bits per heavy atom. The lowest BCUT2D eigenvalue weighted by atomic mass is 10.1. The zero-order valence-electron chi connectivity index (χ0n) is 12.7. The summed E-state index contributed by atoms with van der Waals surface area (Å²) in [5, 5.41) is 6.34. The van der Waals surface area contributed by atoms with Gasteiger partial charge in [-0.1, -0.05) is 20.3 Å². The Labute approximate surface area is 118 Å². The molecule has 0 atom stereocenters. The predicted octanol–water partition coefficient (Wildman–Crippen LogP) is 1.76. The molecular formula is C15H31N3O. The minimum atomic E-state index is 0.198. The van der Waals surface area contributed by atoms with Gasteiger partial charge in [0.25, 0.3) is 0 Å². The maximum atomic E-state index is 11.6. The van der Waals surface area contributed by atoms with Gasteiger partial charge < -0.3 is 15.5 Å². The van der Waals surface area contributed by atoms with Crippen molar-refractivity contribution >= 4 is 5.91 Å². The molecule has 112 valence electrons. The summed E-state index contributed by atoms with van der Waals surface area (Å²) >= 11 is 0. The van der Waals surface area contributed by atoms with Crippen molar-refractivity contribution in [3.8, 4) is 0 Å². The number of nitrogens with one attached hydrogen (secondary N) is 2. The van der Waals surface area contributed by atoms with Crippen LogP contribution in [0.3, 0.4) is 0 Å². The van der Waals surface area contributed by atoms with E-state index in [1.54, 1.807) is 0 Å². The second kappa shape index (κ2) is 10.2. The van der Waals surface area contributed by atoms with Crippen LogP contribution in [0.2, 0.25) is 0 Å². The number of likely N-dealkylation sites (tertiary alicyclic amines) is 1. The predicted molar refractivity (Wildman–Crippen MR) is 80.3 cm³/mol. The van der Waals surface area contributed by atoms with E-state index >= 15 is 0 Å². The molecule has 0 saturated carbocycles. The third-order valence-corrected chi connectivity index (χ3v) is 3.56. The van der Waals surface area contributed by atoms with Gasteiger partial charge in [-0.3, -0.25) is 4.79 Å². The van der Waals surface area contributed by atoms with Crippen LogP contribution >= 0.6 is 0 Å². The van der Waals surface area contributed by atoms with Crippen molar-refractivity contribution in [2.75, 3.05) is 32.7 Å². The van der Waals surface area contributed by atoms with Crippen LogP contribution in [0.15, 0.2) is 0 Å². The van der Waals surface area contributed by atoms with Crippen LogP contribution in [0.4, 0.5) is 0 Å². The van der Waals surface area contributed by atoms with Gasteiger partial charge >= 0.3 is 0 Å². The molecule has 1 rings (SSSR count). The Hall–Kier alpha value is -0.610. The number of amides is 1. The van der Waals surface area contributed by atoms with E-state index in [2.05, 4.69) is 29.4 Å². The maximum absolute atomic E-state index is 11.6. The molecule has 1 amide bonds. The molecule has 2 N–H and O–H groups in total. The Kier molecular flexibility index (Phi) is 8.84. The molecule has 0 aromatic carbocycles. The van der Waals surface area contributed by atoms with Gasteiger partial charge in [-0.2, -0.15) is 0 Å². The highest BCUT2D eigenvalue weighted by Gasteiger charge is 2.09. The van der Waals surface area contributed by atoms with Gasteiger partial charge in [0.15, 0.2) is 0 Å². The molecule has 0 aromatic heterocycles. The molecular weight excluding hydrogens is 238 g/mol. The van der Waals surface area contributed by atoms with Gasteiger partial charge in [0, 0.05) is 19.0 Å². The van der Waals surface area contributed by atoms with E-state index < -0.39 is 0 Å². The number of carbonyl (C=O) groups is 1. The summed E-state index contributed by atoms with van der Waals surface area (Å²) in [6, 6.07) is 0.507. The van der Waals surface area contributed by atoms with Crippen LogP contribution in [0.5, 0.6) is 0 Å². The summed E-state index contributed by atoms with van der Waals surface area (Å²) in [4.78, 5) is 14.1. The topological polar surface area (TPSA) is 44.4 Å². The van der Waals surface area contributed by atoms with Crippen LogP contribution in [0.1, 0.15) is 52.4 Å². The van der Waals surface area contributed by atoms with Crippen molar-refractivity contribution in [1.29, 1.82) is 0 Å². The molecule has 1 saturated heterocycles. The molecule has 0 aliphatic carbocycles. The minimum Gasteiger partial charge on any atom is -0.356 e. The fraction of sp³-hybridized carbons (Fsp3) is 0.933. The summed E-state index contributed by atoms with van der Waals surface area (Å²) in [5.41, 5.74) is 0. The molecule has 0 bridgehead atoms. The maximum Gasteiger partial charge on any atom is 0.220 e. The monoisotopic (exact) mass is 269 g/mol. The standard InChI is InChI=1S/C15H31N3O/c1-14(2)16-9-6-8-15(19)17-10-7-13-18-11-4-3-5-12-18/h14,16H,3-13H2,1-2H3,(H,17,19). The van der Waals surface area contributed by atoms with Crippen LogP contribution in [0, 0.1) is 0 Å². The number of carbonyl (C=O) groups excluding carboxylic acids is 1. The van der Waals surface area contributed by atoms with Crippen molar-refractivity contribution in [2.24, 2.45) is 0 Å². The summed E-state index contributed by atoms with van der Waals surface area (Å²) in [5.74, 6) is 0.198. The highest BCUT2D eigenvalue weighted by molar-refractivity contribution is 5.75. The van der Waals surface area contributed by atoms with E-state index in [4.69, 9.17) is 0 Å². The molecule has 1 heterocycles. The number of piperidine rings is 1. The number of nitrogens with zero attached hydrogens (tertiary/aromatic N) is 1. The SMILES string of the molecule is CC(C)NCCCC(=O)NCCCN1CCCCC1. The largest absolute Gasteiger partial charge is 0.356 e. The summed E-state index contributed by atoms with van der Waals surface area (Å²) in [6.07, 6.45) is 6.72. The van der Waals surface area contributed by atoms with Crippen molar-refractivity contribution < 1.29 is 4.79 Å². The van der Waals surface area contributed by atoms with Crippen molar-refractivity contribution in [3.05, 3.63) is 0 Å². The minimum absolute atomic E-state index is 0.198. The Balaban J connectivity index is 1.89. The van der Waals surface area contributed by atoms with Crippen LogP contribution in [0.25, 0.3) is 0 Å². The smallest absolute Gasteiger partial charge is 0.220 e. The van der Waals surface area contributed by atoms with Crippen LogP contribution < -0.4 is 10.6 Å². The molecule has 1 aliphatic heterocycles. The number of hydrogen-bond donors (Lipinski definition) is 2. The molecule has 19 heavy (non-hydrogen) atoms. The van der Waals surface area contributed by atoms with Crippen molar-refractivity contribution in [1.82, 2.24) is 15.5 Å². The lowest BCUT2D eigenvalue weighted by Crippen LogP contribution is -2.33. The second-order valence-electron chi connectivity index (χ2n) is 5.82. The first kappa shape index (κ1) is 16.4. The molecule has 0 radical (unpaired) electrons. The van der Waals surface area contributed by atoms with Gasteiger partial charge in [-0.25, -0.2) is 0 Å². The van der Waals surface area contributed by atoms with E-state index in [1.165, 1.54) is 32.4 Å². The second-order valence-corrected chi connectivity index (χ2v) is 5.82.